The van der Waals surface area contributed by atoms with Gasteiger partial charge in [-0.2, -0.15) is 0 Å². The zero-order valence-electron chi connectivity index (χ0n) is 17.5. The normalized spacial score (nSPS) is 11.3. The Bertz CT molecular complexity index is 1060. The Morgan fingerprint density at radius 3 is 2.59 bits per heavy atom. The number of nitrogens with one attached hydrogen (secondary N) is 1. The van der Waals surface area contributed by atoms with Crippen LogP contribution in [0.5, 0.6) is 11.5 Å². The summed E-state index contributed by atoms with van der Waals surface area (Å²) in [6.07, 6.45) is 0. The van der Waals surface area contributed by atoms with Crippen LogP contribution in [0.4, 0.5) is 5.69 Å². The van der Waals surface area contributed by atoms with Crippen molar-refractivity contribution >= 4 is 22.5 Å². The van der Waals surface area contributed by atoms with Gasteiger partial charge in [-0.05, 0) is 69.7 Å². The highest BCUT2D eigenvalue weighted by molar-refractivity contribution is 5.96. The van der Waals surface area contributed by atoms with Crippen LogP contribution in [0.25, 0.3) is 10.9 Å². The minimum absolute atomic E-state index is 0.168. The van der Waals surface area contributed by atoms with Crippen molar-refractivity contribution in [3.63, 3.8) is 0 Å². The summed E-state index contributed by atoms with van der Waals surface area (Å²) in [6, 6.07) is 12.8. The maximum atomic E-state index is 12.7. The molecule has 0 fully saturated rings. The van der Waals surface area contributed by atoms with E-state index in [0.29, 0.717) is 17.0 Å². The Kier molecular flexibility index (Phi) is 5.64. The second-order valence-electron chi connectivity index (χ2n) is 7.81. The molecule has 0 aliphatic carbocycles. The smallest absolute Gasteiger partial charge is 0.251 e. The number of ether oxygens (including phenoxy) is 2. The lowest BCUT2D eigenvalue weighted by Gasteiger charge is -2.27. The molecule has 0 atom stereocenters. The van der Waals surface area contributed by atoms with Crippen LogP contribution in [0.3, 0.4) is 0 Å². The van der Waals surface area contributed by atoms with E-state index in [2.05, 4.69) is 10.3 Å². The molecule has 1 heterocycles. The predicted molar refractivity (Wildman–Crippen MR) is 116 cm³/mol. The first-order valence-corrected chi connectivity index (χ1v) is 9.46. The Labute approximate surface area is 171 Å². The van der Waals surface area contributed by atoms with Crippen molar-refractivity contribution in [3.05, 3.63) is 59.3 Å². The number of rotatable bonds is 6. The Morgan fingerprint density at radius 1 is 1.14 bits per heavy atom. The molecule has 152 valence electrons. The number of hydrogen-bond donors (Lipinski definition) is 2. The molecule has 0 bridgehead atoms. The average molecular weight is 393 g/mol. The molecule has 1 aromatic heterocycles. The molecule has 0 aliphatic rings. The van der Waals surface area contributed by atoms with Gasteiger partial charge in [0, 0.05) is 16.9 Å². The highest BCUT2D eigenvalue weighted by atomic mass is 16.5. The Hall–Kier alpha value is -3.28. The minimum Gasteiger partial charge on any atom is -0.496 e. The number of aromatic nitrogens is 1. The highest BCUT2D eigenvalue weighted by Gasteiger charge is 2.23. The topological polar surface area (TPSA) is 86.5 Å². The molecular weight excluding hydrogens is 366 g/mol. The number of methoxy groups -OCH3 is 1. The summed E-state index contributed by atoms with van der Waals surface area (Å²) in [4.78, 5) is 17.2. The first-order chi connectivity index (χ1) is 13.7. The third kappa shape index (κ3) is 4.59. The molecule has 0 saturated heterocycles. The van der Waals surface area contributed by atoms with Crippen LogP contribution in [0.1, 0.15) is 35.5 Å². The van der Waals surface area contributed by atoms with Crippen LogP contribution in [-0.4, -0.2) is 30.1 Å². The van der Waals surface area contributed by atoms with Gasteiger partial charge in [-0.15, -0.1) is 0 Å². The molecule has 2 aromatic carbocycles. The molecule has 0 unspecified atom stereocenters. The molecule has 0 aliphatic heterocycles. The van der Waals surface area contributed by atoms with Crippen LogP contribution < -0.4 is 20.5 Å². The second kappa shape index (κ2) is 7.99. The average Bonchev–Trinajstić information content (AvgIpc) is 2.65. The van der Waals surface area contributed by atoms with Crippen LogP contribution in [0, 0.1) is 13.8 Å². The highest BCUT2D eigenvalue weighted by Crippen LogP contribution is 2.30. The Morgan fingerprint density at radius 2 is 1.90 bits per heavy atom. The fraction of sp³-hybridized carbons (Fsp3) is 0.304. The van der Waals surface area contributed by atoms with E-state index in [1.54, 1.807) is 19.2 Å². The van der Waals surface area contributed by atoms with Crippen LogP contribution in [-0.2, 0) is 0 Å². The molecule has 3 rings (SSSR count). The first kappa shape index (κ1) is 20.5. The van der Waals surface area contributed by atoms with E-state index in [-0.39, 0.29) is 12.5 Å². The van der Waals surface area contributed by atoms with Crippen molar-refractivity contribution in [2.75, 3.05) is 19.5 Å². The standard InChI is InChI=1S/C23H27N3O3/c1-14-11-16(9-10-19(14)28-5)22(27)26-23(3,4)13-29-20-8-6-7-18-21(20)17(24)12-15(2)25-18/h6-12H,13H2,1-5H3,(H2,24,25)(H,26,27). The number of carbonyl (C=O) groups is 1. The third-order valence-electron chi connectivity index (χ3n) is 4.65. The van der Waals surface area contributed by atoms with E-state index in [1.807, 2.05) is 58.0 Å². The first-order valence-electron chi connectivity index (χ1n) is 9.46. The molecule has 0 spiro atoms. The summed E-state index contributed by atoms with van der Waals surface area (Å²) >= 11 is 0. The predicted octanol–water partition coefficient (Wildman–Crippen LogP) is 4.03. The van der Waals surface area contributed by atoms with Crippen molar-refractivity contribution in [1.29, 1.82) is 0 Å². The monoisotopic (exact) mass is 393 g/mol. The number of carbonyl (C=O) groups excluding carboxylic acids is 1. The van der Waals surface area contributed by atoms with Crippen molar-refractivity contribution in [2.24, 2.45) is 0 Å². The van der Waals surface area contributed by atoms with Crippen LogP contribution in [0.15, 0.2) is 42.5 Å². The summed E-state index contributed by atoms with van der Waals surface area (Å²) in [6.45, 7) is 7.92. The quantitative estimate of drug-likeness (QED) is 0.660. The van der Waals surface area contributed by atoms with E-state index in [1.165, 1.54) is 0 Å². The number of nitrogens with zero attached hydrogens (tertiary/aromatic N) is 1. The molecule has 29 heavy (non-hydrogen) atoms. The molecule has 3 aromatic rings. The number of fused-ring (bicyclic) bond motifs is 1. The van der Waals surface area contributed by atoms with Gasteiger partial charge in [-0.1, -0.05) is 6.07 Å². The third-order valence-corrected chi connectivity index (χ3v) is 4.65. The number of amides is 1. The summed E-state index contributed by atoms with van der Waals surface area (Å²) in [5.41, 5.74) is 9.34. The molecule has 1 amide bonds. The van der Waals surface area contributed by atoms with Crippen LogP contribution in [0.2, 0.25) is 0 Å². The van der Waals surface area contributed by atoms with Crippen molar-refractivity contribution in [1.82, 2.24) is 10.3 Å². The molecule has 3 N–H and O–H groups in total. The van der Waals surface area contributed by atoms with Gasteiger partial charge in [0.2, 0.25) is 0 Å². The second-order valence-corrected chi connectivity index (χ2v) is 7.81. The number of hydrogen-bond acceptors (Lipinski definition) is 5. The van der Waals surface area contributed by atoms with Gasteiger partial charge in [-0.25, -0.2) is 0 Å². The summed E-state index contributed by atoms with van der Waals surface area (Å²) in [5.74, 6) is 1.23. The lowest BCUT2D eigenvalue weighted by molar-refractivity contribution is 0.0881. The van der Waals surface area contributed by atoms with E-state index in [9.17, 15) is 4.79 Å². The van der Waals surface area contributed by atoms with E-state index in [4.69, 9.17) is 15.2 Å². The van der Waals surface area contributed by atoms with Crippen molar-refractivity contribution < 1.29 is 14.3 Å². The number of pyridine rings is 1. The molecule has 0 radical (unpaired) electrons. The van der Waals surface area contributed by atoms with Gasteiger partial charge < -0.3 is 20.5 Å². The zero-order chi connectivity index (χ0) is 21.2. The fourth-order valence-corrected chi connectivity index (χ4v) is 3.24. The molecular formula is C23H27N3O3. The lowest BCUT2D eigenvalue weighted by Crippen LogP contribution is -2.47. The lowest BCUT2D eigenvalue weighted by atomic mass is 10.0. The molecule has 6 nitrogen and oxygen atoms in total. The van der Waals surface area contributed by atoms with Gasteiger partial charge in [-0.3, -0.25) is 9.78 Å². The van der Waals surface area contributed by atoms with Gasteiger partial charge >= 0.3 is 0 Å². The van der Waals surface area contributed by atoms with Gasteiger partial charge in [0.1, 0.15) is 18.1 Å². The number of nitrogen functional groups attached to an aromatic ring is 1. The number of aryl methyl sites for hydroxylation is 2. The summed E-state index contributed by atoms with van der Waals surface area (Å²) in [5, 5.41) is 3.81. The largest absolute Gasteiger partial charge is 0.496 e. The Balaban J connectivity index is 1.74. The maximum Gasteiger partial charge on any atom is 0.251 e. The van der Waals surface area contributed by atoms with Crippen molar-refractivity contribution in [3.8, 4) is 11.5 Å². The minimum atomic E-state index is -0.597. The number of nitrogens with two attached hydrogens (primary N) is 1. The van der Waals surface area contributed by atoms with Crippen LogP contribution >= 0.6 is 0 Å². The van der Waals surface area contributed by atoms with E-state index in [0.717, 1.165) is 27.9 Å². The fourth-order valence-electron chi connectivity index (χ4n) is 3.24. The number of anilines is 1. The summed E-state index contributed by atoms with van der Waals surface area (Å²) < 4.78 is 11.3. The molecule has 0 saturated carbocycles. The van der Waals surface area contributed by atoms with Gasteiger partial charge in [0.05, 0.1) is 23.6 Å². The maximum absolute atomic E-state index is 12.7. The van der Waals surface area contributed by atoms with Gasteiger partial charge in [0.15, 0.2) is 0 Å². The number of benzene rings is 2. The zero-order valence-corrected chi connectivity index (χ0v) is 17.5. The van der Waals surface area contributed by atoms with Gasteiger partial charge in [0.25, 0.3) is 5.91 Å². The van der Waals surface area contributed by atoms with E-state index < -0.39 is 5.54 Å². The van der Waals surface area contributed by atoms with Crippen molar-refractivity contribution in [2.45, 2.75) is 33.2 Å². The molecule has 6 heteroatoms. The summed E-state index contributed by atoms with van der Waals surface area (Å²) in [7, 11) is 1.61. The SMILES string of the molecule is COc1ccc(C(=O)NC(C)(C)COc2cccc3nc(C)cc(N)c23)cc1C. The van der Waals surface area contributed by atoms with E-state index >= 15 is 0 Å².